The molecule has 3 nitrogen and oxygen atoms in total. The van der Waals surface area contributed by atoms with Crippen molar-refractivity contribution in [1.82, 2.24) is 4.98 Å². The lowest BCUT2D eigenvalue weighted by molar-refractivity contribution is -0.115. The van der Waals surface area contributed by atoms with Crippen LogP contribution >= 0.6 is 23.1 Å². The molecule has 122 valence electrons. The molecule has 0 aliphatic heterocycles. The molecule has 0 unspecified atom stereocenters. The van der Waals surface area contributed by atoms with Crippen LogP contribution in [-0.4, -0.2) is 16.1 Å². The van der Waals surface area contributed by atoms with E-state index >= 15 is 0 Å². The number of hydrogen-bond donors (Lipinski definition) is 1. The van der Waals surface area contributed by atoms with Crippen LogP contribution in [0.1, 0.15) is 12.6 Å². The molecule has 0 radical (unpaired) electrons. The molecule has 1 aromatic heterocycles. The smallest absolute Gasteiger partial charge is 0.237 e. The molecule has 0 aliphatic rings. The number of rotatable bonds is 5. The highest BCUT2D eigenvalue weighted by molar-refractivity contribution is 8.02. The summed E-state index contributed by atoms with van der Waals surface area (Å²) >= 11 is 3.06. The molecule has 2 aromatic carbocycles. The monoisotopic (exact) mass is 354 g/mol. The van der Waals surface area contributed by atoms with E-state index in [2.05, 4.69) is 10.3 Å². The van der Waals surface area contributed by atoms with Crippen LogP contribution in [0.4, 0.5) is 5.69 Å². The number of nitrogens with one attached hydrogen (secondary N) is 1. The summed E-state index contributed by atoms with van der Waals surface area (Å²) in [6, 6.07) is 17.9. The zero-order valence-corrected chi connectivity index (χ0v) is 15.2. The Labute approximate surface area is 150 Å². The molecular formula is C19H18N2OS2. The molecule has 0 aliphatic carbocycles. The van der Waals surface area contributed by atoms with Gasteiger partial charge in [-0.3, -0.25) is 4.79 Å². The number of nitrogens with zero attached hydrogens (tertiary/aromatic N) is 1. The topological polar surface area (TPSA) is 42.0 Å². The Hall–Kier alpha value is -2.11. The molecule has 5 heteroatoms. The average Bonchev–Trinajstić information content (AvgIpc) is 3.01. The Morgan fingerprint density at radius 2 is 1.83 bits per heavy atom. The third-order valence-corrected chi connectivity index (χ3v) is 5.70. The fourth-order valence-electron chi connectivity index (χ4n) is 2.29. The number of hydrogen-bond acceptors (Lipinski definition) is 4. The van der Waals surface area contributed by atoms with Crippen molar-refractivity contribution in [1.29, 1.82) is 0 Å². The van der Waals surface area contributed by atoms with E-state index < -0.39 is 0 Å². The van der Waals surface area contributed by atoms with E-state index in [1.165, 1.54) is 11.8 Å². The third-order valence-electron chi connectivity index (χ3n) is 3.51. The van der Waals surface area contributed by atoms with Crippen LogP contribution in [0.3, 0.4) is 0 Å². The number of amides is 1. The first-order valence-corrected chi connectivity index (χ1v) is 9.43. The van der Waals surface area contributed by atoms with Crippen molar-refractivity contribution in [3.8, 4) is 11.1 Å². The van der Waals surface area contributed by atoms with E-state index in [-0.39, 0.29) is 11.2 Å². The van der Waals surface area contributed by atoms with Gasteiger partial charge in [-0.1, -0.05) is 60.3 Å². The van der Waals surface area contributed by atoms with Crippen molar-refractivity contribution in [2.45, 2.75) is 23.4 Å². The number of carbonyl (C=O) groups is 1. The Balaban J connectivity index is 1.75. The van der Waals surface area contributed by atoms with Crippen molar-refractivity contribution in [2.75, 3.05) is 5.32 Å². The van der Waals surface area contributed by atoms with Crippen LogP contribution in [0.25, 0.3) is 11.1 Å². The molecule has 1 amide bonds. The molecule has 1 N–H and O–H groups in total. The van der Waals surface area contributed by atoms with Crippen LogP contribution in [-0.2, 0) is 4.79 Å². The van der Waals surface area contributed by atoms with E-state index in [1.807, 2.05) is 73.8 Å². The summed E-state index contributed by atoms with van der Waals surface area (Å²) in [7, 11) is 0. The number of aryl methyl sites for hydroxylation is 1. The quantitative estimate of drug-likeness (QED) is 0.637. The number of carbonyl (C=O) groups excluding carboxylic acids is 1. The molecule has 0 bridgehead atoms. The molecule has 1 atom stereocenters. The van der Waals surface area contributed by atoms with Crippen molar-refractivity contribution >= 4 is 34.7 Å². The fourth-order valence-corrected chi connectivity index (χ4v) is 4.27. The highest BCUT2D eigenvalue weighted by Gasteiger charge is 2.17. The van der Waals surface area contributed by atoms with Gasteiger partial charge < -0.3 is 5.32 Å². The van der Waals surface area contributed by atoms with E-state index in [0.717, 1.165) is 26.8 Å². The predicted molar refractivity (Wildman–Crippen MR) is 103 cm³/mol. The molecule has 0 saturated carbocycles. The van der Waals surface area contributed by atoms with Gasteiger partial charge in [0.1, 0.15) is 0 Å². The second kappa shape index (κ2) is 7.64. The maximum atomic E-state index is 12.6. The minimum atomic E-state index is -0.209. The van der Waals surface area contributed by atoms with Crippen LogP contribution in [0.5, 0.6) is 0 Å². The van der Waals surface area contributed by atoms with Gasteiger partial charge in [0, 0.05) is 22.3 Å². The molecule has 24 heavy (non-hydrogen) atoms. The highest BCUT2D eigenvalue weighted by Crippen LogP contribution is 2.30. The van der Waals surface area contributed by atoms with E-state index in [1.54, 1.807) is 11.3 Å². The minimum Gasteiger partial charge on any atom is -0.325 e. The molecule has 1 heterocycles. The fraction of sp³-hybridized carbons (Fsp3) is 0.158. The first-order chi connectivity index (χ1) is 11.6. The van der Waals surface area contributed by atoms with Gasteiger partial charge >= 0.3 is 0 Å². The Kier molecular flexibility index (Phi) is 5.33. The lowest BCUT2D eigenvalue weighted by atomic mass is 10.0. The number of para-hydroxylation sites is 1. The predicted octanol–water partition coefficient (Wildman–Crippen LogP) is 5.24. The number of thiazole rings is 1. The molecule has 0 fully saturated rings. The summed E-state index contributed by atoms with van der Waals surface area (Å²) in [4.78, 5) is 17.0. The van der Waals surface area contributed by atoms with Gasteiger partial charge in [-0.15, -0.1) is 11.3 Å². The number of thioether (sulfide) groups is 1. The number of anilines is 1. The zero-order valence-electron chi connectivity index (χ0n) is 13.5. The van der Waals surface area contributed by atoms with Crippen molar-refractivity contribution in [3.63, 3.8) is 0 Å². The van der Waals surface area contributed by atoms with Crippen molar-refractivity contribution in [3.05, 3.63) is 65.7 Å². The summed E-state index contributed by atoms with van der Waals surface area (Å²) in [6.07, 6.45) is 0. The van der Waals surface area contributed by atoms with E-state index in [0.29, 0.717) is 0 Å². The first-order valence-electron chi connectivity index (χ1n) is 7.67. The van der Waals surface area contributed by atoms with Gasteiger partial charge in [-0.2, -0.15) is 0 Å². The second-order valence-electron chi connectivity index (χ2n) is 5.42. The van der Waals surface area contributed by atoms with E-state index in [4.69, 9.17) is 0 Å². The molecule has 0 saturated heterocycles. The highest BCUT2D eigenvalue weighted by atomic mass is 32.2. The summed E-state index contributed by atoms with van der Waals surface area (Å²) in [5.41, 5.74) is 3.93. The standard InChI is InChI=1S/C19H18N2OS2/c1-13-12-23-19(20-13)24-14(2)18(22)21-17-11-7-6-10-16(17)15-8-4-3-5-9-15/h3-12,14H,1-2H3,(H,21,22)/t14-/m0/s1. The van der Waals surface area contributed by atoms with Gasteiger partial charge in [-0.05, 0) is 25.5 Å². The maximum absolute atomic E-state index is 12.6. The van der Waals surface area contributed by atoms with Gasteiger partial charge in [0.25, 0.3) is 0 Å². The zero-order chi connectivity index (χ0) is 16.9. The first kappa shape index (κ1) is 16.7. The van der Waals surface area contributed by atoms with Crippen molar-refractivity contribution < 1.29 is 4.79 Å². The third kappa shape index (κ3) is 4.04. The summed E-state index contributed by atoms with van der Waals surface area (Å²) in [6.45, 7) is 3.86. The normalized spacial score (nSPS) is 11.9. The lowest BCUT2D eigenvalue weighted by Gasteiger charge is -2.14. The molecule has 3 aromatic rings. The van der Waals surface area contributed by atoms with Crippen molar-refractivity contribution in [2.24, 2.45) is 0 Å². The van der Waals surface area contributed by atoms with Crippen LogP contribution in [0.2, 0.25) is 0 Å². The van der Waals surface area contributed by atoms with Gasteiger partial charge in [0.05, 0.1) is 5.25 Å². The summed E-state index contributed by atoms with van der Waals surface area (Å²) < 4.78 is 0.923. The van der Waals surface area contributed by atoms with Crippen LogP contribution < -0.4 is 5.32 Å². The van der Waals surface area contributed by atoms with Gasteiger partial charge in [0.2, 0.25) is 5.91 Å². The Morgan fingerprint density at radius 3 is 2.54 bits per heavy atom. The molecule has 0 spiro atoms. The summed E-state index contributed by atoms with van der Waals surface area (Å²) in [5, 5.41) is 4.84. The largest absolute Gasteiger partial charge is 0.325 e. The molecular weight excluding hydrogens is 336 g/mol. The second-order valence-corrected chi connectivity index (χ2v) is 7.86. The maximum Gasteiger partial charge on any atom is 0.237 e. The Morgan fingerprint density at radius 1 is 1.12 bits per heavy atom. The lowest BCUT2D eigenvalue weighted by Crippen LogP contribution is -2.22. The van der Waals surface area contributed by atoms with Crippen LogP contribution in [0.15, 0.2) is 64.3 Å². The minimum absolute atomic E-state index is 0.0174. The average molecular weight is 355 g/mol. The Bertz CT molecular complexity index is 830. The molecule has 3 rings (SSSR count). The summed E-state index contributed by atoms with van der Waals surface area (Å²) in [5.74, 6) is -0.0174. The SMILES string of the molecule is Cc1csc(S[C@@H](C)C(=O)Nc2ccccc2-c2ccccc2)n1. The van der Waals surface area contributed by atoms with Gasteiger partial charge in [0.15, 0.2) is 4.34 Å². The number of aromatic nitrogens is 1. The number of benzene rings is 2. The van der Waals surface area contributed by atoms with E-state index in [9.17, 15) is 4.79 Å². The van der Waals surface area contributed by atoms with Gasteiger partial charge in [-0.25, -0.2) is 4.98 Å². The van der Waals surface area contributed by atoms with Crippen LogP contribution in [0, 0.1) is 6.92 Å².